The zero-order chi connectivity index (χ0) is 16.4. The molecule has 1 N–H and O–H groups in total. The van der Waals surface area contributed by atoms with Gasteiger partial charge in [-0.05, 0) is 31.2 Å². The number of rotatable bonds is 4. The molecule has 0 radical (unpaired) electrons. The minimum absolute atomic E-state index is 0.0731. The molecule has 3 nitrogen and oxygen atoms in total. The summed E-state index contributed by atoms with van der Waals surface area (Å²) in [6, 6.07) is 0.129. The molecule has 0 bridgehead atoms. The average molecular weight is 319 g/mol. The van der Waals surface area contributed by atoms with E-state index in [4.69, 9.17) is 5.11 Å². The summed E-state index contributed by atoms with van der Waals surface area (Å²) in [5.74, 6) is -7.86. The number of hydrogen-bond acceptors (Lipinski definition) is 2. The molecular formula is C15H17F4NO2. The lowest BCUT2D eigenvalue weighted by Crippen LogP contribution is -2.41. The number of amides is 1. The molecule has 0 aliphatic heterocycles. The topological polar surface area (TPSA) is 40.5 Å². The third-order valence-electron chi connectivity index (χ3n) is 4.04. The van der Waals surface area contributed by atoms with Crippen LogP contribution in [-0.2, 0) is 0 Å². The largest absolute Gasteiger partial charge is 0.395 e. The van der Waals surface area contributed by atoms with Crippen molar-refractivity contribution >= 4 is 5.91 Å². The van der Waals surface area contributed by atoms with Gasteiger partial charge in [0.15, 0.2) is 23.3 Å². The van der Waals surface area contributed by atoms with Crippen LogP contribution < -0.4 is 0 Å². The van der Waals surface area contributed by atoms with Crippen molar-refractivity contribution in [3.05, 3.63) is 34.9 Å². The molecule has 122 valence electrons. The Hall–Kier alpha value is -1.63. The van der Waals surface area contributed by atoms with E-state index in [9.17, 15) is 22.4 Å². The van der Waals surface area contributed by atoms with Gasteiger partial charge in [-0.1, -0.05) is 6.92 Å². The number of benzene rings is 1. The van der Waals surface area contributed by atoms with E-state index in [2.05, 4.69) is 0 Å². The Balaban J connectivity index is 2.35. The minimum Gasteiger partial charge on any atom is -0.395 e. The van der Waals surface area contributed by atoms with Gasteiger partial charge in [0.25, 0.3) is 5.91 Å². The first-order valence-electron chi connectivity index (χ1n) is 7.11. The number of carbonyl (C=O) groups is 1. The van der Waals surface area contributed by atoms with Gasteiger partial charge in [0.1, 0.15) is 0 Å². The molecule has 1 fully saturated rings. The molecule has 2 rings (SSSR count). The Bertz CT molecular complexity index is 579. The normalized spacial score (nSPS) is 21.2. The molecule has 1 aromatic rings. The van der Waals surface area contributed by atoms with Crippen LogP contribution in [-0.4, -0.2) is 35.1 Å². The van der Waals surface area contributed by atoms with Crippen molar-refractivity contribution in [2.24, 2.45) is 5.92 Å². The maximum atomic E-state index is 13.8. The van der Waals surface area contributed by atoms with Crippen molar-refractivity contribution in [1.29, 1.82) is 0 Å². The summed E-state index contributed by atoms with van der Waals surface area (Å²) in [6.45, 7) is 1.57. The summed E-state index contributed by atoms with van der Waals surface area (Å²) in [5, 5.41) is 9.09. The second-order valence-electron chi connectivity index (χ2n) is 5.64. The molecule has 1 aromatic carbocycles. The van der Waals surface area contributed by atoms with Gasteiger partial charge in [0, 0.05) is 12.6 Å². The second kappa shape index (κ2) is 6.64. The van der Waals surface area contributed by atoms with Gasteiger partial charge in [-0.25, -0.2) is 17.6 Å². The minimum atomic E-state index is -2.01. The van der Waals surface area contributed by atoms with Gasteiger partial charge in [-0.2, -0.15) is 0 Å². The second-order valence-corrected chi connectivity index (χ2v) is 5.64. The third kappa shape index (κ3) is 3.09. The Labute approximate surface area is 125 Å². The molecule has 0 heterocycles. The molecule has 7 heteroatoms. The van der Waals surface area contributed by atoms with Gasteiger partial charge in [0.05, 0.1) is 12.2 Å². The molecule has 2 unspecified atom stereocenters. The van der Waals surface area contributed by atoms with Crippen molar-refractivity contribution in [1.82, 2.24) is 4.90 Å². The highest BCUT2D eigenvalue weighted by molar-refractivity contribution is 5.94. The van der Waals surface area contributed by atoms with Crippen molar-refractivity contribution < 1.29 is 27.5 Å². The zero-order valence-corrected chi connectivity index (χ0v) is 12.1. The molecule has 1 saturated carbocycles. The van der Waals surface area contributed by atoms with Gasteiger partial charge in [0.2, 0.25) is 0 Å². The van der Waals surface area contributed by atoms with Crippen LogP contribution in [0, 0.1) is 29.2 Å². The summed E-state index contributed by atoms with van der Waals surface area (Å²) >= 11 is 0. The summed E-state index contributed by atoms with van der Waals surface area (Å²) in [6.07, 6.45) is 2.20. The van der Waals surface area contributed by atoms with E-state index in [1.165, 1.54) is 4.90 Å². The first-order chi connectivity index (χ1) is 10.4. The van der Waals surface area contributed by atoms with E-state index in [1.54, 1.807) is 0 Å². The monoisotopic (exact) mass is 319 g/mol. The van der Waals surface area contributed by atoms with Crippen LogP contribution in [0.1, 0.15) is 36.5 Å². The Kier molecular flexibility index (Phi) is 5.05. The fourth-order valence-electron chi connectivity index (χ4n) is 2.90. The van der Waals surface area contributed by atoms with Crippen LogP contribution in [0.4, 0.5) is 17.6 Å². The van der Waals surface area contributed by atoms with Crippen LogP contribution in [0.25, 0.3) is 0 Å². The van der Waals surface area contributed by atoms with Gasteiger partial charge in [-0.15, -0.1) is 0 Å². The molecule has 2 atom stereocenters. The lowest BCUT2D eigenvalue weighted by Gasteiger charge is -2.29. The highest BCUT2D eigenvalue weighted by Crippen LogP contribution is 2.30. The first-order valence-corrected chi connectivity index (χ1v) is 7.11. The lowest BCUT2D eigenvalue weighted by atomic mass is 10.1. The molecule has 1 aliphatic carbocycles. The Morgan fingerprint density at radius 3 is 2.45 bits per heavy atom. The highest BCUT2D eigenvalue weighted by atomic mass is 19.2. The predicted molar refractivity (Wildman–Crippen MR) is 71.2 cm³/mol. The lowest BCUT2D eigenvalue weighted by molar-refractivity contribution is 0.0627. The van der Waals surface area contributed by atoms with Crippen molar-refractivity contribution in [2.45, 2.75) is 32.2 Å². The number of carbonyl (C=O) groups excluding carboxylic acids is 1. The van der Waals surface area contributed by atoms with E-state index >= 15 is 0 Å². The van der Waals surface area contributed by atoms with Crippen molar-refractivity contribution in [3.63, 3.8) is 0 Å². The first kappa shape index (κ1) is 16.7. The maximum absolute atomic E-state index is 13.8. The van der Waals surface area contributed by atoms with Crippen LogP contribution in [0.15, 0.2) is 6.07 Å². The summed E-state index contributed by atoms with van der Waals surface area (Å²) in [7, 11) is 0. The maximum Gasteiger partial charge on any atom is 0.257 e. The van der Waals surface area contributed by atoms with E-state index in [0.717, 1.165) is 6.42 Å². The SMILES string of the molecule is CC1CCC(N(CCO)C(=O)c2cc(F)c(F)c(F)c2F)C1. The quantitative estimate of drug-likeness (QED) is 0.527. The van der Waals surface area contributed by atoms with E-state index in [1.807, 2.05) is 6.92 Å². The summed E-state index contributed by atoms with van der Waals surface area (Å²) in [5.41, 5.74) is -0.857. The number of halogens is 4. The molecule has 0 saturated heterocycles. The Morgan fingerprint density at radius 1 is 1.23 bits per heavy atom. The van der Waals surface area contributed by atoms with Gasteiger partial charge in [-0.3, -0.25) is 4.79 Å². The van der Waals surface area contributed by atoms with E-state index in [0.29, 0.717) is 24.8 Å². The van der Waals surface area contributed by atoms with E-state index < -0.39 is 34.7 Å². The number of aliphatic hydroxyl groups is 1. The molecule has 0 aromatic heterocycles. The molecule has 0 spiro atoms. The fraction of sp³-hybridized carbons (Fsp3) is 0.533. The molecular weight excluding hydrogens is 302 g/mol. The van der Waals surface area contributed by atoms with Crippen LogP contribution >= 0.6 is 0 Å². The standard InChI is InChI=1S/C15H17F4NO2/c1-8-2-3-9(6-8)20(4-5-21)15(22)10-7-11(16)13(18)14(19)12(10)17/h7-9,21H,2-6H2,1H3. The molecule has 22 heavy (non-hydrogen) atoms. The summed E-state index contributed by atoms with van der Waals surface area (Å²) < 4.78 is 53.3. The molecule has 1 aliphatic rings. The van der Waals surface area contributed by atoms with Crippen molar-refractivity contribution in [3.8, 4) is 0 Å². The number of aliphatic hydroxyl groups excluding tert-OH is 1. The number of nitrogens with zero attached hydrogens (tertiary/aromatic N) is 1. The zero-order valence-electron chi connectivity index (χ0n) is 12.1. The third-order valence-corrected chi connectivity index (χ3v) is 4.04. The van der Waals surface area contributed by atoms with Gasteiger partial charge < -0.3 is 10.0 Å². The van der Waals surface area contributed by atoms with Crippen LogP contribution in [0.3, 0.4) is 0 Å². The Morgan fingerprint density at radius 2 is 1.91 bits per heavy atom. The van der Waals surface area contributed by atoms with Crippen molar-refractivity contribution in [2.75, 3.05) is 13.2 Å². The highest BCUT2D eigenvalue weighted by Gasteiger charge is 2.33. The van der Waals surface area contributed by atoms with Gasteiger partial charge >= 0.3 is 0 Å². The molecule has 1 amide bonds. The van der Waals surface area contributed by atoms with E-state index in [-0.39, 0.29) is 19.2 Å². The average Bonchev–Trinajstić information content (AvgIpc) is 2.92. The van der Waals surface area contributed by atoms with Crippen LogP contribution in [0.5, 0.6) is 0 Å². The smallest absolute Gasteiger partial charge is 0.257 e. The fourth-order valence-corrected chi connectivity index (χ4v) is 2.90. The number of hydrogen-bond donors (Lipinski definition) is 1. The van der Waals surface area contributed by atoms with Crippen LogP contribution in [0.2, 0.25) is 0 Å². The predicted octanol–water partition coefficient (Wildman–Crippen LogP) is 2.87. The summed E-state index contributed by atoms with van der Waals surface area (Å²) in [4.78, 5) is 13.6.